The number of allylic oxidation sites excluding steroid dienone is 6. The molecule has 1 atom stereocenters. The summed E-state index contributed by atoms with van der Waals surface area (Å²) in [6.07, 6.45) is 17.0. The lowest BCUT2D eigenvalue weighted by Gasteiger charge is -2.15. The van der Waals surface area contributed by atoms with Gasteiger partial charge in [-0.2, -0.15) is 0 Å². The monoisotopic (exact) mass is 398 g/mol. The Bertz CT molecular complexity index is 1640. The Kier molecular flexibility index (Phi) is 4.10. The number of imidazole rings is 1. The standard InChI is InChI=1S/C29H22N2/c1-30-20-31(28-17-9-8-16-27(28)30)29-19-22-11-3-2-10-21(22)18-23-12-4-5-13-24(23)25-14-6-7-15-26(25)29/h2-19,21H,1H3/b22-19?,23-18-,25-24-,29-26+. The van der Waals surface area contributed by atoms with Gasteiger partial charge in [-0.25, -0.2) is 0 Å². The number of hydrogen-bond donors (Lipinski definition) is 0. The first kappa shape index (κ1) is 17.9. The van der Waals surface area contributed by atoms with Crippen molar-refractivity contribution in [2.45, 2.75) is 0 Å². The molecule has 31 heavy (non-hydrogen) atoms. The second kappa shape index (κ2) is 7.10. The molecule has 0 saturated heterocycles. The maximum absolute atomic E-state index is 3.55. The van der Waals surface area contributed by atoms with Gasteiger partial charge in [0.25, 0.3) is 0 Å². The van der Waals surface area contributed by atoms with Crippen LogP contribution in [0.15, 0.2) is 109 Å². The van der Waals surface area contributed by atoms with Gasteiger partial charge in [-0.05, 0) is 26.4 Å². The Morgan fingerprint density at radius 1 is 0.806 bits per heavy atom. The molecule has 0 fully saturated rings. The molecule has 0 bridgehead atoms. The minimum absolute atomic E-state index is 0.228. The summed E-state index contributed by atoms with van der Waals surface area (Å²) in [6, 6.07) is 25.9. The van der Waals surface area contributed by atoms with E-state index in [0.717, 1.165) is 16.7 Å². The van der Waals surface area contributed by atoms with E-state index >= 15 is 0 Å². The molecule has 1 heterocycles. The first-order valence-electron chi connectivity index (χ1n) is 10.7. The third-order valence-corrected chi connectivity index (χ3v) is 6.19. The van der Waals surface area contributed by atoms with Crippen LogP contribution in [-0.2, 0) is 7.05 Å². The summed E-state index contributed by atoms with van der Waals surface area (Å²) in [6.45, 7) is 0. The fourth-order valence-corrected chi connectivity index (χ4v) is 4.69. The smallest absolute Gasteiger partial charge is 0.244 e. The number of fused-ring (bicyclic) bond motifs is 4. The van der Waals surface area contributed by atoms with Crippen LogP contribution in [0.2, 0.25) is 0 Å². The van der Waals surface area contributed by atoms with E-state index in [9.17, 15) is 0 Å². The minimum atomic E-state index is 0.228. The molecule has 148 valence electrons. The van der Waals surface area contributed by atoms with Crippen LogP contribution in [0.5, 0.6) is 0 Å². The molecule has 6 rings (SSSR count). The molecule has 3 aromatic carbocycles. The van der Waals surface area contributed by atoms with Gasteiger partial charge >= 0.3 is 0 Å². The van der Waals surface area contributed by atoms with Gasteiger partial charge in [0, 0.05) is 5.92 Å². The maximum atomic E-state index is 3.55. The normalized spacial score (nSPS) is 21.0. The van der Waals surface area contributed by atoms with Gasteiger partial charge in [0.1, 0.15) is 0 Å². The predicted molar refractivity (Wildman–Crippen MR) is 125 cm³/mol. The van der Waals surface area contributed by atoms with E-state index < -0.39 is 0 Å². The highest BCUT2D eigenvalue weighted by molar-refractivity contribution is 5.73. The first-order valence-corrected chi connectivity index (χ1v) is 10.7. The van der Waals surface area contributed by atoms with E-state index in [-0.39, 0.29) is 5.92 Å². The molecule has 0 amide bonds. The van der Waals surface area contributed by atoms with Crippen molar-refractivity contribution in [3.05, 3.63) is 136 Å². The number of hydrogen-bond acceptors (Lipinski definition) is 0. The lowest BCUT2D eigenvalue weighted by atomic mass is 9.92. The molecular formula is C29H22N2. The van der Waals surface area contributed by atoms with E-state index in [1.807, 2.05) is 0 Å². The van der Waals surface area contributed by atoms with Crippen molar-refractivity contribution in [3.63, 3.8) is 0 Å². The Balaban J connectivity index is 1.89. The van der Waals surface area contributed by atoms with Crippen molar-refractivity contribution in [2.24, 2.45) is 13.0 Å². The van der Waals surface area contributed by atoms with Crippen LogP contribution in [0.3, 0.4) is 0 Å². The van der Waals surface area contributed by atoms with Crippen LogP contribution >= 0.6 is 0 Å². The molecular weight excluding hydrogens is 376 g/mol. The summed E-state index contributed by atoms with van der Waals surface area (Å²) < 4.78 is 4.28. The van der Waals surface area contributed by atoms with Crippen molar-refractivity contribution in [1.29, 1.82) is 0 Å². The highest BCUT2D eigenvalue weighted by Crippen LogP contribution is 2.23. The van der Waals surface area contributed by atoms with Crippen LogP contribution in [0.25, 0.3) is 22.8 Å². The molecule has 0 radical (unpaired) electrons. The summed E-state index contributed by atoms with van der Waals surface area (Å²) in [5, 5.41) is 4.96. The van der Waals surface area contributed by atoms with E-state index in [1.54, 1.807) is 0 Å². The van der Waals surface area contributed by atoms with Crippen LogP contribution in [0.1, 0.15) is 0 Å². The summed E-state index contributed by atoms with van der Waals surface area (Å²) in [5.41, 5.74) is 4.72. The molecule has 2 nitrogen and oxygen atoms in total. The second-order valence-corrected chi connectivity index (χ2v) is 8.08. The van der Waals surface area contributed by atoms with Crippen molar-refractivity contribution in [2.75, 3.05) is 0 Å². The average molecular weight is 399 g/mol. The third kappa shape index (κ3) is 2.91. The van der Waals surface area contributed by atoms with E-state index in [4.69, 9.17) is 0 Å². The topological polar surface area (TPSA) is 8.81 Å². The van der Waals surface area contributed by atoms with Crippen LogP contribution in [-0.4, -0.2) is 4.57 Å². The average Bonchev–Trinajstić information content (AvgIpc) is 3.17. The molecule has 0 saturated carbocycles. The molecule has 2 aliphatic rings. The Labute approximate surface area is 181 Å². The van der Waals surface area contributed by atoms with E-state index in [1.165, 1.54) is 26.4 Å². The molecule has 1 unspecified atom stereocenters. The van der Waals surface area contributed by atoms with Crippen molar-refractivity contribution < 1.29 is 4.57 Å². The number of nitrogens with zero attached hydrogens (tertiary/aromatic N) is 2. The highest BCUT2D eigenvalue weighted by Gasteiger charge is 2.14. The van der Waals surface area contributed by atoms with Crippen LogP contribution < -0.4 is 15.0 Å². The SMILES string of the molecule is Cn1[c-][n+](\C2=c3/cccc/c3=c3\cccc\c3=C\C3C=CC=CC3=C2)c2ccccc21. The molecule has 4 aromatic rings. The van der Waals surface area contributed by atoms with Gasteiger partial charge in [0.05, 0.1) is 23.8 Å². The predicted octanol–water partition coefficient (Wildman–Crippen LogP) is 3.67. The fourth-order valence-electron chi connectivity index (χ4n) is 4.69. The zero-order valence-corrected chi connectivity index (χ0v) is 17.4. The molecule has 1 aromatic heterocycles. The minimum Gasteiger partial charge on any atom is -0.319 e. The molecule has 2 heteroatoms. The number of para-hydroxylation sites is 2. The summed E-state index contributed by atoms with van der Waals surface area (Å²) in [5.74, 6) is 0.228. The zero-order valence-electron chi connectivity index (χ0n) is 17.4. The maximum Gasteiger partial charge on any atom is 0.244 e. The largest absolute Gasteiger partial charge is 0.319 e. The Morgan fingerprint density at radius 2 is 1.55 bits per heavy atom. The van der Waals surface area contributed by atoms with Crippen molar-refractivity contribution in [1.82, 2.24) is 4.57 Å². The molecule has 2 aliphatic carbocycles. The zero-order chi connectivity index (χ0) is 20.8. The van der Waals surface area contributed by atoms with Crippen molar-refractivity contribution >= 4 is 22.8 Å². The number of aromatic nitrogens is 2. The lowest BCUT2D eigenvalue weighted by molar-refractivity contribution is -0.556. The molecule has 0 spiro atoms. The third-order valence-electron chi connectivity index (χ3n) is 6.19. The second-order valence-electron chi connectivity index (χ2n) is 8.08. The first-order chi connectivity index (χ1) is 15.3. The van der Waals surface area contributed by atoms with Gasteiger partial charge in [0.2, 0.25) is 6.33 Å². The van der Waals surface area contributed by atoms with Gasteiger partial charge in [-0.15, -0.1) is 0 Å². The lowest BCUT2D eigenvalue weighted by Crippen LogP contribution is -2.36. The highest BCUT2D eigenvalue weighted by atomic mass is 15.1. The summed E-state index contributed by atoms with van der Waals surface area (Å²) in [4.78, 5) is 0. The fraction of sp³-hybridized carbons (Fsp3) is 0.0690. The van der Waals surface area contributed by atoms with Crippen molar-refractivity contribution in [3.8, 4) is 0 Å². The summed E-state index contributed by atoms with van der Waals surface area (Å²) >= 11 is 0. The molecule has 0 aliphatic heterocycles. The number of rotatable bonds is 1. The quantitative estimate of drug-likeness (QED) is 0.342. The number of benzene rings is 3. The van der Waals surface area contributed by atoms with E-state index in [2.05, 4.69) is 132 Å². The Hall–Kier alpha value is -3.91. The van der Waals surface area contributed by atoms with Gasteiger partial charge < -0.3 is 9.13 Å². The van der Waals surface area contributed by atoms with E-state index in [0.29, 0.717) is 0 Å². The van der Waals surface area contributed by atoms with Gasteiger partial charge in [-0.1, -0.05) is 109 Å². The van der Waals surface area contributed by atoms with Crippen LogP contribution in [0.4, 0.5) is 0 Å². The Morgan fingerprint density at radius 3 is 2.45 bits per heavy atom. The van der Waals surface area contributed by atoms with Gasteiger partial charge in [0.15, 0.2) is 0 Å². The van der Waals surface area contributed by atoms with Gasteiger partial charge in [-0.3, -0.25) is 0 Å². The van der Waals surface area contributed by atoms with Crippen LogP contribution in [0, 0.1) is 22.7 Å². The number of aryl methyl sites for hydroxylation is 1. The summed E-state index contributed by atoms with van der Waals surface area (Å²) in [7, 11) is 2.06. The molecule has 0 N–H and O–H groups in total.